The zero-order valence-corrected chi connectivity index (χ0v) is 20.2. The summed E-state index contributed by atoms with van der Waals surface area (Å²) in [4.78, 5) is 12.4. The lowest BCUT2D eigenvalue weighted by atomic mass is 10.0. The Labute approximate surface area is 194 Å². The number of nitrogens with one attached hydrogen (secondary N) is 1. The standard InChI is InChI=1S/C22H27ClN2O5S2/c1-2-20-5-3-4-14-25(20)32(29,30)21-12-10-19(11-13-21)24-22(26)16-31(27,28)15-17-6-8-18(23)9-7-17/h6-13,20H,2-5,14-16H2,1H3,(H,24,26). The Morgan fingerprint density at radius 1 is 1.03 bits per heavy atom. The number of nitrogens with zero attached hydrogens (tertiary/aromatic N) is 1. The summed E-state index contributed by atoms with van der Waals surface area (Å²) in [7, 11) is -7.30. The molecule has 2 aromatic rings. The third-order valence-electron chi connectivity index (χ3n) is 5.44. The minimum atomic E-state index is -3.68. The van der Waals surface area contributed by atoms with Gasteiger partial charge in [-0.2, -0.15) is 4.31 Å². The number of piperidine rings is 1. The summed E-state index contributed by atoms with van der Waals surface area (Å²) in [6, 6.07) is 12.2. The van der Waals surface area contributed by atoms with Gasteiger partial charge >= 0.3 is 0 Å². The summed E-state index contributed by atoms with van der Waals surface area (Å²) in [5.74, 6) is -1.64. The Hall–Kier alpha value is -1.94. The molecule has 1 N–H and O–H groups in total. The Morgan fingerprint density at radius 2 is 1.69 bits per heavy atom. The highest BCUT2D eigenvalue weighted by Crippen LogP contribution is 2.27. The van der Waals surface area contributed by atoms with Crippen LogP contribution in [0.5, 0.6) is 0 Å². The average Bonchev–Trinajstić information content (AvgIpc) is 2.75. The van der Waals surface area contributed by atoms with Gasteiger partial charge in [0.05, 0.1) is 10.6 Å². The highest BCUT2D eigenvalue weighted by Gasteiger charge is 2.32. The second-order valence-electron chi connectivity index (χ2n) is 7.90. The molecule has 1 aliphatic rings. The lowest BCUT2D eigenvalue weighted by molar-refractivity contribution is -0.113. The van der Waals surface area contributed by atoms with Crippen molar-refractivity contribution in [3.05, 3.63) is 59.1 Å². The van der Waals surface area contributed by atoms with Crippen molar-refractivity contribution in [1.29, 1.82) is 0 Å². The molecule has 1 heterocycles. The molecule has 1 unspecified atom stereocenters. The molecule has 174 valence electrons. The van der Waals surface area contributed by atoms with E-state index in [2.05, 4.69) is 5.32 Å². The van der Waals surface area contributed by atoms with E-state index < -0.39 is 31.5 Å². The molecule has 0 saturated carbocycles. The summed E-state index contributed by atoms with van der Waals surface area (Å²) in [5.41, 5.74) is 0.876. The van der Waals surface area contributed by atoms with Crippen molar-refractivity contribution in [2.75, 3.05) is 17.6 Å². The van der Waals surface area contributed by atoms with Crippen molar-refractivity contribution in [2.45, 2.75) is 49.3 Å². The first-order valence-electron chi connectivity index (χ1n) is 10.5. The first-order chi connectivity index (χ1) is 15.1. The molecule has 1 saturated heterocycles. The van der Waals surface area contributed by atoms with E-state index in [0.717, 1.165) is 25.7 Å². The summed E-state index contributed by atoms with van der Waals surface area (Å²) >= 11 is 5.80. The molecule has 7 nitrogen and oxygen atoms in total. The monoisotopic (exact) mass is 498 g/mol. The summed E-state index contributed by atoms with van der Waals surface area (Å²) in [5, 5.41) is 3.02. The fourth-order valence-corrected chi connectivity index (χ4v) is 6.99. The van der Waals surface area contributed by atoms with Crippen molar-refractivity contribution in [3.63, 3.8) is 0 Å². The minimum Gasteiger partial charge on any atom is -0.325 e. The SMILES string of the molecule is CCC1CCCCN1S(=O)(=O)c1ccc(NC(=O)CS(=O)(=O)Cc2ccc(Cl)cc2)cc1. The number of carbonyl (C=O) groups is 1. The highest BCUT2D eigenvalue weighted by atomic mass is 35.5. The summed E-state index contributed by atoms with van der Waals surface area (Å²) in [6.45, 7) is 2.49. The molecular formula is C22H27ClN2O5S2. The van der Waals surface area contributed by atoms with Gasteiger partial charge in [0.25, 0.3) is 0 Å². The number of hydrogen-bond acceptors (Lipinski definition) is 5. The van der Waals surface area contributed by atoms with E-state index in [1.807, 2.05) is 6.92 Å². The average molecular weight is 499 g/mol. The normalized spacial score (nSPS) is 17.8. The van der Waals surface area contributed by atoms with Gasteiger partial charge in [0.15, 0.2) is 9.84 Å². The molecule has 0 aromatic heterocycles. The van der Waals surface area contributed by atoms with Gasteiger partial charge < -0.3 is 5.32 Å². The number of sulfone groups is 1. The smallest absolute Gasteiger partial charge is 0.243 e. The van der Waals surface area contributed by atoms with Crippen LogP contribution in [-0.2, 0) is 30.4 Å². The third kappa shape index (κ3) is 6.31. The predicted octanol–water partition coefficient (Wildman–Crippen LogP) is 3.85. The lowest BCUT2D eigenvalue weighted by Gasteiger charge is -2.34. The number of halogens is 1. The van der Waals surface area contributed by atoms with Gasteiger partial charge in [0.1, 0.15) is 5.75 Å². The first kappa shape index (κ1) is 24.7. The molecular weight excluding hydrogens is 472 g/mol. The zero-order valence-electron chi connectivity index (χ0n) is 17.8. The maximum Gasteiger partial charge on any atom is 0.243 e. The second kappa shape index (κ2) is 10.3. The lowest BCUT2D eigenvalue weighted by Crippen LogP contribution is -2.43. The van der Waals surface area contributed by atoms with Gasteiger partial charge in [-0.1, -0.05) is 37.1 Å². The van der Waals surface area contributed by atoms with Gasteiger partial charge in [-0.3, -0.25) is 4.79 Å². The van der Waals surface area contributed by atoms with Crippen LogP contribution in [0.3, 0.4) is 0 Å². The Kier molecular flexibility index (Phi) is 7.97. The van der Waals surface area contributed by atoms with Crippen LogP contribution in [-0.4, -0.2) is 45.4 Å². The maximum absolute atomic E-state index is 13.0. The van der Waals surface area contributed by atoms with Gasteiger partial charge in [0, 0.05) is 23.3 Å². The fourth-order valence-electron chi connectivity index (χ4n) is 3.83. The van der Waals surface area contributed by atoms with E-state index in [1.165, 1.54) is 24.3 Å². The quantitative estimate of drug-likeness (QED) is 0.595. The summed E-state index contributed by atoms with van der Waals surface area (Å²) < 4.78 is 52.3. The molecule has 3 rings (SSSR count). The molecule has 2 aromatic carbocycles. The molecule has 0 radical (unpaired) electrons. The van der Waals surface area contributed by atoms with Gasteiger partial charge in [0.2, 0.25) is 15.9 Å². The van der Waals surface area contributed by atoms with Gasteiger partial charge in [-0.05, 0) is 61.2 Å². The van der Waals surface area contributed by atoms with Gasteiger partial charge in [-0.25, -0.2) is 16.8 Å². The van der Waals surface area contributed by atoms with E-state index in [9.17, 15) is 21.6 Å². The molecule has 1 amide bonds. The van der Waals surface area contributed by atoms with Crippen molar-refractivity contribution >= 4 is 43.1 Å². The van der Waals surface area contributed by atoms with Crippen molar-refractivity contribution < 1.29 is 21.6 Å². The zero-order chi connectivity index (χ0) is 23.4. The molecule has 0 bridgehead atoms. The predicted molar refractivity (Wildman–Crippen MR) is 126 cm³/mol. The fraction of sp³-hybridized carbons (Fsp3) is 0.409. The van der Waals surface area contributed by atoms with E-state index in [-0.39, 0.29) is 16.7 Å². The largest absolute Gasteiger partial charge is 0.325 e. The number of anilines is 1. The maximum atomic E-state index is 13.0. The summed E-state index contributed by atoms with van der Waals surface area (Å²) in [6.07, 6.45) is 3.48. The third-order valence-corrected chi connectivity index (χ3v) is 9.13. The number of carbonyl (C=O) groups excluding carboxylic acids is 1. The molecule has 32 heavy (non-hydrogen) atoms. The number of hydrogen-bond donors (Lipinski definition) is 1. The second-order valence-corrected chi connectivity index (χ2v) is 12.3. The minimum absolute atomic E-state index is 0.000948. The van der Waals surface area contributed by atoms with E-state index in [1.54, 1.807) is 28.6 Å². The van der Waals surface area contributed by atoms with Crippen LogP contribution in [0.1, 0.15) is 38.2 Å². The number of rotatable bonds is 8. The van der Waals surface area contributed by atoms with E-state index in [4.69, 9.17) is 11.6 Å². The number of amides is 1. The topological polar surface area (TPSA) is 101 Å². The number of benzene rings is 2. The molecule has 0 aliphatic carbocycles. The molecule has 10 heteroatoms. The molecule has 1 fully saturated rings. The Balaban J connectivity index is 1.63. The van der Waals surface area contributed by atoms with E-state index in [0.29, 0.717) is 22.8 Å². The van der Waals surface area contributed by atoms with Crippen LogP contribution < -0.4 is 5.32 Å². The van der Waals surface area contributed by atoms with Crippen molar-refractivity contribution in [1.82, 2.24) is 4.31 Å². The van der Waals surface area contributed by atoms with Crippen LogP contribution in [0.25, 0.3) is 0 Å². The van der Waals surface area contributed by atoms with Crippen LogP contribution in [0.4, 0.5) is 5.69 Å². The van der Waals surface area contributed by atoms with Crippen molar-refractivity contribution in [2.24, 2.45) is 0 Å². The number of sulfonamides is 1. The van der Waals surface area contributed by atoms with Gasteiger partial charge in [-0.15, -0.1) is 0 Å². The van der Waals surface area contributed by atoms with E-state index >= 15 is 0 Å². The molecule has 0 spiro atoms. The Bertz CT molecular complexity index is 1150. The first-order valence-corrected chi connectivity index (χ1v) is 14.1. The highest BCUT2D eigenvalue weighted by molar-refractivity contribution is 7.91. The van der Waals surface area contributed by atoms with Crippen LogP contribution in [0.15, 0.2) is 53.4 Å². The van der Waals surface area contributed by atoms with Crippen LogP contribution in [0, 0.1) is 0 Å². The van der Waals surface area contributed by atoms with Crippen molar-refractivity contribution in [3.8, 4) is 0 Å². The van der Waals surface area contributed by atoms with Crippen LogP contribution in [0.2, 0.25) is 5.02 Å². The van der Waals surface area contributed by atoms with Crippen LogP contribution >= 0.6 is 11.6 Å². The molecule has 1 atom stereocenters. The molecule has 1 aliphatic heterocycles. The Morgan fingerprint density at radius 3 is 2.31 bits per heavy atom.